The molecule has 0 aliphatic carbocycles. The van der Waals surface area contributed by atoms with Gasteiger partial charge in [0.1, 0.15) is 0 Å². The molecule has 15 heavy (non-hydrogen) atoms. The van der Waals surface area contributed by atoms with Crippen molar-refractivity contribution in [3.05, 3.63) is 29.8 Å². The van der Waals surface area contributed by atoms with E-state index in [4.69, 9.17) is 0 Å². The second-order valence-corrected chi connectivity index (χ2v) is 5.28. The zero-order valence-corrected chi connectivity index (χ0v) is 10.1. The summed E-state index contributed by atoms with van der Waals surface area (Å²) >= 11 is 2.53. The lowest BCUT2D eigenvalue weighted by molar-refractivity contribution is 0.0600. The standard InChI is InChI=1S/C9H7BrF2O2S/c1-14-8(13)6-3-2-4-7(5-6)15-9(10,11)12/h2-5H,1H3. The van der Waals surface area contributed by atoms with Crippen LogP contribution in [0.2, 0.25) is 0 Å². The first-order valence-electron chi connectivity index (χ1n) is 3.86. The fourth-order valence-corrected chi connectivity index (χ4v) is 2.10. The quantitative estimate of drug-likeness (QED) is 0.485. The molecule has 6 heteroatoms. The van der Waals surface area contributed by atoms with Crippen LogP contribution in [0.15, 0.2) is 29.2 Å². The number of carbonyl (C=O) groups is 1. The van der Waals surface area contributed by atoms with Crippen molar-refractivity contribution in [2.24, 2.45) is 0 Å². The van der Waals surface area contributed by atoms with E-state index < -0.39 is 10.1 Å². The average Bonchev–Trinajstić information content (AvgIpc) is 2.14. The molecule has 1 rings (SSSR count). The van der Waals surface area contributed by atoms with E-state index >= 15 is 0 Å². The number of hydrogen-bond donors (Lipinski definition) is 0. The third-order valence-corrected chi connectivity index (χ3v) is 2.70. The Labute approximate surface area is 98.1 Å². The molecule has 0 aromatic heterocycles. The maximum absolute atomic E-state index is 12.6. The molecule has 1 aromatic rings. The van der Waals surface area contributed by atoms with Gasteiger partial charge in [-0.2, -0.15) is 8.78 Å². The van der Waals surface area contributed by atoms with Gasteiger partial charge < -0.3 is 4.74 Å². The van der Waals surface area contributed by atoms with Crippen molar-refractivity contribution in [3.63, 3.8) is 0 Å². The fraction of sp³-hybridized carbons (Fsp3) is 0.222. The Kier molecular flexibility index (Phi) is 4.10. The van der Waals surface area contributed by atoms with Crippen LogP contribution in [0, 0.1) is 0 Å². The Hall–Kier alpha value is -0.620. The highest BCUT2D eigenvalue weighted by atomic mass is 79.9. The van der Waals surface area contributed by atoms with Gasteiger partial charge in [0.25, 0.3) is 0 Å². The largest absolute Gasteiger partial charge is 0.465 e. The van der Waals surface area contributed by atoms with Crippen molar-refractivity contribution >= 4 is 33.7 Å². The van der Waals surface area contributed by atoms with Gasteiger partial charge in [0.15, 0.2) is 0 Å². The van der Waals surface area contributed by atoms with Crippen molar-refractivity contribution in [1.82, 2.24) is 0 Å². The number of methoxy groups -OCH3 is 1. The number of hydrogen-bond acceptors (Lipinski definition) is 3. The molecule has 0 N–H and O–H groups in total. The predicted molar refractivity (Wildman–Crippen MR) is 57.5 cm³/mol. The minimum atomic E-state index is -3.04. The summed E-state index contributed by atoms with van der Waals surface area (Å²) in [6.45, 7) is 0. The van der Waals surface area contributed by atoms with E-state index in [1.54, 1.807) is 0 Å². The molecule has 1 aromatic carbocycles. The number of rotatable bonds is 3. The molecule has 0 saturated heterocycles. The molecule has 0 fully saturated rings. The second-order valence-electron chi connectivity index (χ2n) is 2.57. The van der Waals surface area contributed by atoms with Crippen molar-refractivity contribution < 1.29 is 18.3 Å². The summed E-state index contributed by atoms with van der Waals surface area (Å²) in [4.78, 5) is 11.4. The Morgan fingerprint density at radius 1 is 1.53 bits per heavy atom. The van der Waals surface area contributed by atoms with Gasteiger partial charge in [-0.25, -0.2) is 4.79 Å². The number of esters is 1. The number of benzene rings is 1. The van der Waals surface area contributed by atoms with Gasteiger partial charge in [0.2, 0.25) is 0 Å². The fourth-order valence-electron chi connectivity index (χ4n) is 0.938. The van der Waals surface area contributed by atoms with E-state index in [1.807, 2.05) is 0 Å². The molecule has 82 valence electrons. The van der Waals surface area contributed by atoms with E-state index in [-0.39, 0.29) is 5.56 Å². The summed E-state index contributed by atoms with van der Waals surface area (Å²) in [5, 5.41) is 0. The van der Waals surface area contributed by atoms with Crippen LogP contribution in [0.25, 0.3) is 0 Å². The Morgan fingerprint density at radius 2 is 2.20 bits per heavy atom. The Bertz CT molecular complexity index is 365. The van der Waals surface area contributed by atoms with E-state index in [1.165, 1.54) is 31.4 Å². The minimum Gasteiger partial charge on any atom is -0.465 e. The van der Waals surface area contributed by atoms with Crippen LogP contribution in [0.3, 0.4) is 0 Å². The SMILES string of the molecule is COC(=O)c1cccc(SC(F)(F)Br)c1. The molecule has 0 aliphatic rings. The first kappa shape index (κ1) is 12.4. The predicted octanol–water partition coefficient (Wildman–Crippen LogP) is 3.51. The highest BCUT2D eigenvalue weighted by Crippen LogP contribution is 2.40. The van der Waals surface area contributed by atoms with Gasteiger partial charge in [-0.05, 0) is 30.0 Å². The van der Waals surface area contributed by atoms with Crippen LogP contribution in [0.4, 0.5) is 8.78 Å². The summed E-state index contributed by atoms with van der Waals surface area (Å²) in [5.74, 6) is -0.546. The summed E-state index contributed by atoms with van der Waals surface area (Å²) < 4.78 is 26.6. The maximum Gasteiger partial charge on any atom is 0.353 e. The van der Waals surface area contributed by atoms with E-state index in [0.29, 0.717) is 16.7 Å². The van der Waals surface area contributed by atoms with Gasteiger partial charge in [-0.3, -0.25) is 0 Å². The molecule has 0 aliphatic heterocycles. The molecule has 0 unspecified atom stereocenters. The molecule has 0 amide bonds. The molecule has 2 nitrogen and oxygen atoms in total. The third-order valence-electron chi connectivity index (χ3n) is 1.49. The second kappa shape index (κ2) is 4.94. The van der Waals surface area contributed by atoms with Gasteiger partial charge in [0.05, 0.1) is 12.7 Å². The zero-order chi connectivity index (χ0) is 11.5. The molecule has 0 saturated carbocycles. The average molecular weight is 297 g/mol. The lowest BCUT2D eigenvalue weighted by atomic mass is 10.2. The van der Waals surface area contributed by atoms with E-state index in [2.05, 4.69) is 20.7 Å². The van der Waals surface area contributed by atoms with Gasteiger partial charge in [-0.15, -0.1) is 0 Å². The molecule has 0 bridgehead atoms. The van der Waals surface area contributed by atoms with Crippen LogP contribution < -0.4 is 0 Å². The molecule has 0 spiro atoms. The Morgan fingerprint density at radius 3 is 2.73 bits per heavy atom. The summed E-state index contributed by atoms with van der Waals surface area (Å²) in [6.07, 6.45) is 0. The summed E-state index contributed by atoms with van der Waals surface area (Å²) in [5.41, 5.74) is 0.249. The number of ether oxygens (including phenoxy) is 1. The highest BCUT2D eigenvalue weighted by molar-refractivity contribution is 9.11. The van der Waals surface area contributed by atoms with Crippen LogP contribution in [0.5, 0.6) is 0 Å². The number of halogens is 3. The highest BCUT2D eigenvalue weighted by Gasteiger charge is 2.25. The molecule has 0 heterocycles. The van der Waals surface area contributed by atoms with Crippen LogP contribution in [-0.4, -0.2) is 17.2 Å². The molecule has 0 atom stereocenters. The van der Waals surface area contributed by atoms with Gasteiger partial charge in [-0.1, -0.05) is 6.07 Å². The first-order chi connectivity index (χ1) is 6.92. The van der Waals surface area contributed by atoms with E-state index in [0.717, 1.165) is 0 Å². The van der Waals surface area contributed by atoms with Gasteiger partial charge in [0, 0.05) is 20.8 Å². The normalized spacial score (nSPS) is 11.2. The van der Waals surface area contributed by atoms with Crippen molar-refractivity contribution in [1.29, 1.82) is 0 Å². The van der Waals surface area contributed by atoms with Crippen LogP contribution >= 0.6 is 27.7 Å². The smallest absolute Gasteiger partial charge is 0.353 e. The lowest BCUT2D eigenvalue weighted by Crippen LogP contribution is -2.02. The van der Waals surface area contributed by atoms with Gasteiger partial charge >= 0.3 is 10.1 Å². The van der Waals surface area contributed by atoms with Crippen LogP contribution in [-0.2, 0) is 4.74 Å². The minimum absolute atomic E-state index is 0.249. The van der Waals surface area contributed by atoms with Crippen molar-refractivity contribution in [2.75, 3.05) is 7.11 Å². The maximum atomic E-state index is 12.6. The number of carbonyl (C=O) groups excluding carboxylic acids is 1. The third kappa shape index (κ3) is 4.17. The lowest BCUT2D eigenvalue weighted by Gasteiger charge is -2.08. The summed E-state index contributed by atoms with van der Waals surface area (Å²) in [7, 11) is 1.24. The Balaban J connectivity index is 2.88. The molecular weight excluding hydrogens is 290 g/mol. The zero-order valence-electron chi connectivity index (χ0n) is 7.67. The number of thioether (sulfide) groups is 1. The topological polar surface area (TPSA) is 26.3 Å². The van der Waals surface area contributed by atoms with Crippen molar-refractivity contribution in [3.8, 4) is 0 Å². The monoisotopic (exact) mass is 296 g/mol. The van der Waals surface area contributed by atoms with Crippen molar-refractivity contribution in [2.45, 2.75) is 9.06 Å². The van der Waals surface area contributed by atoms with E-state index in [9.17, 15) is 13.6 Å². The number of alkyl halides is 3. The summed E-state index contributed by atoms with van der Waals surface area (Å²) in [6, 6.07) is 5.87. The molecule has 0 radical (unpaired) electrons. The first-order valence-corrected chi connectivity index (χ1v) is 5.47. The molecular formula is C9H7BrF2O2S. The van der Waals surface area contributed by atoms with Crippen LogP contribution in [0.1, 0.15) is 10.4 Å².